The maximum absolute atomic E-state index is 5.94. The van der Waals surface area contributed by atoms with E-state index >= 15 is 0 Å². The smallest absolute Gasteiger partial charge is 0.157 e. The lowest BCUT2D eigenvalue weighted by Gasteiger charge is -2.22. The highest BCUT2D eigenvalue weighted by Crippen LogP contribution is 2.44. The molecule has 2 N–H and O–H groups in total. The lowest BCUT2D eigenvalue weighted by molar-refractivity contribution is 0.862. The summed E-state index contributed by atoms with van der Waals surface area (Å²) in [4.78, 5) is 10.1. The third-order valence-electron chi connectivity index (χ3n) is 11.0. The van der Waals surface area contributed by atoms with Gasteiger partial charge in [0.05, 0.1) is 6.34 Å². The van der Waals surface area contributed by atoms with E-state index in [1.54, 1.807) is 0 Å². The van der Waals surface area contributed by atoms with Crippen LogP contribution in [0, 0.1) is 13.8 Å². The summed E-state index contributed by atoms with van der Waals surface area (Å²) >= 11 is 0. The van der Waals surface area contributed by atoms with Crippen LogP contribution in [0.4, 0.5) is 0 Å². The van der Waals surface area contributed by atoms with Gasteiger partial charge in [-0.1, -0.05) is 183 Å². The SMILES string of the molecule is CCCc1cc(C(N=C(N=CN)c2ccccc2)c2ccc(C3=CCCC=C3)cc2)cc2c3ccccc3c3c4ccccc4cc(C)c3c12.Cc1ccccc1. The molecule has 0 amide bonds. The number of amidine groups is 1. The van der Waals surface area contributed by atoms with Gasteiger partial charge in [0, 0.05) is 5.56 Å². The number of benzene rings is 8. The molecule has 0 radical (unpaired) electrons. The molecule has 3 heteroatoms. The summed E-state index contributed by atoms with van der Waals surface area (Å²) in [6.45, 7) is 6.63. The minimum atomic E-state index is -0.300. The van der Waals surface area contributed by atoms with Crippen LogP contribution in [-0.4, -0.2) is 12.2 Å². The molecule has 8 aromatic carbocycles. The number of hydrogen-bond donors (Lipinski definition) is 1. The highest BCUT2D eigenvalue weighted by Gasteiger charge is 2.22. The first-order valence-electron chi connectivity index (χ1n) is 20.2. The van der Waals surface area contributed by atoms with Crippen LogP contribution in [0.15, 0.2) is 180 Å². The van der Waals surface area contributed by atoms with E-state index in [0.717, 1.165) is 42.4 Å². The summed E-state index contributed by atoms with van der Waals surface area (Å²) < 4.78 is 0. The Bertz CT molecular complexity index is 2810. The van der Waals surface area contributed by atoms with Crippen LogP contribution < -0.4 is 5.73 Å². The molecular formula is C54H49N3. The van der Waals surface area contributed by atoms with Crippen molar-refractivity contribution >= 4 is 60.8 Å². The zero-order valence-corrected chi connectivity index (χ0v) is 33.1. The molecule has 8 aromatic rings. The fraction of sp³-hybridized carbons (Fsp3) is 0.148. The Morgan fingerprint density at radius 3 is 2.00 bits per heavy atom. The third-order valence-corrected chi connectivity index (χ3v) is 11.0. The van der Waals surface area contributed by atoms with Gasteiger partial charge in [-0.15, -0.1) is 0 Å². The van der Waals surface area contributed by atoms with E-state index in [4.69, 9.17) is 10.7 Å². The quantitative estimate of drug-likeness (QED) is 0.0987. The number of fused-ring (bicyclic) bond motifs is 8. The molecule has 1 atom stereocenters. The van der Waals surface area contributed by atoms with Crippen molar-refractivity contribution in [2.24, 2.45) is 15.7 Å². The van der Waals surface area contributed by atoms with Gasteiger partial charge in [-0.05, 0) is 116 Å². The maximum Gasteiger partial charge on any atom is 0.157 e. The van der Waals surface area contributed by atoms with E-state index < -0.39 is 0 Å². The van der Waals surface area contributed by atoms with E-state index in [2.05, 4.69) is 147 Å². The molecule has 1 aliphatic rings. The van der Waals surface area contributed by atoms with Crippen LogP contribution >= 0.6 is 0 Å². The van der Waals surface area contributed by atoms with Crippen molar-refractivity contribution in [3.05, 3.63) is 209 Å². The predicted molar refractivity (Wildman–Crippen MR) is 247 cm³/mol. The number of hydrogen-bond acceptors (Lipinski definition) is 1. The first-order chi connectivity index (χ1) is 28.0. The monoisotopic (exact) mass is 739 g/mol. The second kappa shape index (κ2) is 17.1. The molecule has 0 heterocycles. The number of allylic oxidation sites excluding steroid dienone is 4. The van der Waals surface area contributed by atoms with Crippen LogP contribution in [0.25, 0.3) is 48.7 Å². The van der Waals surface area contributed by atoms with Gasteiger partial charge in [0.25, 0.3) is 0 Å². The molecule has 57 heavy (non-hydrogen) atoms. The van der Waals surface area contributed by atoms with Gasteiger partial charge in [-0.3, -0.25) is 4.99 Å². The second-order valence-electron chi connectivity index (χ2n) is 15.0. The molecule has 280 valence electrons. The van der Waals surface area contributed by atoms with E-state index in [1.165, 1.54) is 77.3 Å². The number of aliphatic imine (C=N–C) groups is 2. The normalized spacial score (nSPS) is 13.6. The molecule has 0 spiro atoms. The number of rotatable bonds is 7. The molecule has 0 saturated heterocycles. The molecule has 1 aliphatic carbocycles. The van der Waals surface area contributed by atoms with Crippen LogP contribution in [0.1, 0.15) is 71.2 Å². The number of nitrogens with zero attached hydrogens (tertiary/aromatic N) is 2. The minimum absolute atomic E-state index is 0.300. The minimum Gasteiger partial charge on any atom is -0.390 e. The fourth-order valence-electron chi connectivity index (χ4n) is 8.41. The standard InChI is InChI=1S/C47H41N3.C7H8/c1-3-14-37-28-38(29-42-40-21-12-13-22-41(40)45-39-20-11-10-19-36(39)27-31(2)43(45)44(37)42)46(50-47(49-30-48)35-17-8-5-9-18-35)34-25-23-33(24-26-34)32-15-6-4-7-16-32;1-7-5-3-2-4-6-7/h5-6,8-13,15-30,46H,3-4,7,14H2,1-2H3,(H2,48,49,50);2-6H,1H3. The topological polar surface area (TPSA) is 50.7 Å². The van der Waals surface area contributed by atoms with Gasteiger partial charge in [-0.2, -0.15) is 0 Å². The molecule has 0 saturated carbocycles. The number of aryl methyl sites for hydroxylation is 3. The maximum atomic E-state index is 5.94. The van der Waals surface area contributed by atoms with Gasteiger partial charge in [-0.25, -0.2) is 4.99 Å². The Kier molecular flexibility index (Phi) is 11.2. The van der Waals surface area contributed by atoms with Crippen LogP contribution in [0.2, 0.25) is 0 Å². The zero-order valence-electron chi connectivity index (χ0n) is 33.1. The van der Waals surface area contributed by atoms with Gasteiger partial charge >= 0.3 is 0 Å². The summed E-state index contributed by atoms with van der Waals surface area (Å²) in [7, 11) is 0. The van der Waals surface area contributed by atoms with Gasteiger partial charge < -0.3 is 5.73 Å². The van der Waals surface area contributed by atoms with E-state index in [1.807, 2.05) is 48.5 Å². The summed E-state index contributed by atoms with van der Waals surface area (Å²) in [5.41, 5.74) is 15.6. The molecule has 0 fully saturated rings. The molecule has 0 aromatic heterocycles. The lowest BCUT2D eigenvalue weighted by Crippen LogP contribution is -2.07. The Hall–Kier alpha value is -6.58. The van der Waals surface area contributed by atoms with Gasteiger partial charge in [0.1, 0.15) is 6.04 Å². The molecule has 0 aliphatic heterocycles. The molecule has 3 nitrogen and oxygen atoms in total. The largest absolute Gasteiger partial charge is 0.390 e. The highest BCUT2D eigenvalue weighted by atomic mass is 15.0. The van der Waals surface area contributed by atoms with Crippen molar-refractivity contribution in [2.45, 2.75) is 52.5 Å². The Morgan fingerprint density at radius 2 is 1.33 bits per heavy atom. The summed E-state index contributed by atoms with van der Waals surface area (Å²) in [5.74, 6) is 0.614. The van der Waals surface area contributed by atoms with Crippen molar-refractivity contribution in [1.29, 1.82) is 0 Å². The summed E-state index contributed by atoms with van der Waals surface area (Å²) in [5, 5.41) is 10.4. The van der Waals surface area contributed by atoms with Crippen molar-refractivity contribution in [3.63, 3.8) is 0 Å². The van der Waals surface area contributed by atoms with E-state index in [9.17, 15) is 0 Å². The van der Waals surface area contributed by atoms with Crippen molar-refractivity contribution in [1.82, 2.24) is 0 Å². The average molecular weight is 740 g/mol. The Morgan fingerprint density at radius 1 is 0.649 bits per heavy atom. The molecule has 1 unspecified atom stereocenters. The lowest BCUT2D eigenvalue weighted by atomic mass is 9.84. The van der Waals surface area contributed by atoms with Gasteiger partial charge in [0.15, 0.2) is 5.84 Å². The highest BCUT2D eigenvalue weighted by molar-refractivity contribution is 6.32. The first-order valence-corrected chi connectivity index (χ1v) is 20.2. The summed E-state index contributed by atoms with van der Waals surface area (Å²) in [6, 6.07) is 54.0. The third kappa shape index (κ3) is 7.79. The van der Waals surface area contributed by atoms with Crippen LogP contribution in [0.3, 0.4) is 0 Å². The molecule has 9 rings (SSSR count). The average Bonchev–Trinajstić information content (AvgIpc) is 3.26. The van der Waals surface area contributed by atoms with Crippen molar-refractivity contribution in [2.75, 3.05) is 0 Å². The Balaban J connectivity index is 0.000000589. The van der Waals surface area contributed by atoms with E-state index in [0.29, 0.717) is 5.84 Å². The Labute approximate surface area is 336 Å². The first kappa shape index (κ1) is 37.3. The molecular weight excluding hydrogens is 691 g/mol. The fourth-order valence-corrected chi connectivity index (χ4v) is 8.41. The van der Waals surface area contributed by atoms with Gasteiger partial charge in [0.2, 0.25) is 0 Å². The van der Waals surface area contributed by atoms with Crippen LogP contribution in [-0.2, 0) is 6.42 Å². The van der Waals surface area contributed by atoms with Crippen molar-refractivity contribution in [3.8, 4) is 0 Å². The van der Waals surface area contributed by atoms with Crippen molar-refractivity contribution < 1.29 is 0 Å². The number of nitrogens with two attached hydrogens (primary N) is 1. The molecule has 0 bridgehead atoms. The van der Waals surface area contributed by atoms with E-state index in [-0.39, 0.29) is 6.04 Å². The second-order valence-corrected chi connectivity index (χ2v) is 15.0. The van der Waals surface area contributed by atoms with Crippen LogP contribution in [0.5, 0.6) is 0 Å². The predicted octanol–water partition coefficient (Wildman–Crippen LogP) is 13.8. The summed E-state index contributed by atoms with van der Waals surface area (Å²) in [6.07, 6.45) is 12.4. The zero-order chi connectivity index (χ0) is 39.1.